The van der Waals surface area contributed by atoms with Crippen molar-refractivity contribution in [1.82, 2.24) is 20.2 Å². The summed E-state index contributed by atoms with van der Waals surface area (Å²) >= 11 is 12.6. The normalized spacial score (nSPS) is 20.0. The first-order valence-electron chi connectivity index (χ1n) is 11.7. The number of hydrazine groups is 1. The average Bonchev–Trinajstić information content (AvgIpc) is 3.52. The second-order valence-corrected chi connectivity index (χ2v) is 10.1. The van der Waals surface area contributed by atoms with Crippen molar-refractivity contribution >= 4 is 41.5 Å². The van der Waals surface area contributed by atoms with Crippen molar-refractivity contribution in [3.05, 3.63) is 57.7 Å². The van der Waals surface area contributed by atoms with Gasteiger partial charge in [0.25, 0.3) is 5.91 Å². The summed E-state index contributed by atoms with van der Waals surface area (Å²) in [5, 5.41) is 7.43. The minimum atomic E-state index is -2.96. The van der Waals surface area contributed by atoms with Gasteiger partial charge in [0.15, 0.2) is 5.69 Å². The van der Waals surface area contributed by atoms with Gasteiger partial charge in [-0.25, -0.2) is 9.69 Å². The molecule has 1 saturated heterocycles. The molecule has 0 radical (unpaired) electrons. The predicted octanol–water partition coefficient (Wildman–Crippen LogP) is 6.14. The lowest BCUT2D eigenvalue weighted by Gasteiger charge is -2.21. The standard InChI is InChI=1S/C25H22Cl2F2N4O3.ClH/c26-15-4-7-20(19(27)8-15)33-23-17-6-5-16(36-25(28)29)9-21(17)35-12-18(23)22(30-33)24(34)31-32-10-13-2-1-3-14(13)11-32;/h4-9,13-14,25H,1-3,10-12H2,(H,31,34);1H. The number of ether oxygens (including phenoxy) is 2. The smallest absolute Gasteiger partial charge is 0.387 e. The maximum atomic E-state index is 13.4. The fourth-order valence-corrected chi connectivity index (χ4v) is 6.03. The Hall–Kier alpha value is -2.59. The van der Waals surface area contributed by atoms with Crippen LogP contribution in [-0.2, 0) is 6.61 Å². The van der Waals surface area contributed by atoms with Crippen molar-refractivity contribution in [2.45, 2.75) is 32.5 Å². The van der Waals surface area contributed by atoms with Crippen LogP contribution in [-0.4, -0.2) is 40.4 Å². The maximum Gasteiger partial charge on any atom is 0.387 e. The summed E-state index contributed by atoms with van der Waals surface area (Å²) in [5.74, 6) is 1.21. The highest BCUT2D eigenvalue weighted by atomic mass is 35.5. The van der Waals surface area contributed by atoms with Crippen molar-refractivity contribution in [3.8, 4) is 28.4 Å². The molecule has 2 atom stereocenters. The Morgan fingerprint density at radius 1 is 1.14 bits per heavy atom. The van der Waals surface area contributed by atoms with Gasteiger partial charge in [-0.3, -0.25) is 10.2 Å². The Morgan fingerprint density at radius 3 is 2.59 bits per heavy atom. The average molecular weight is 572 g/mol. The number of hydrogen-bond acceptors (Lipinski definition) is 5. The van der Waals surface area contributed by atoms with E-state index in [1.54, 1.807) is 28.9 Å². The van der Waals surface area contributed by atoms with Gasteiger partial charge in [0.05, 0.1) is 16.4 Å². The SMILES string of the molecule is Cl.O=C(NN1CC2CCCC2C1)c1nn(-c2ccc(Cl)cc2Cl)c2c1COc1cc(OC(F)F)ccc1-2. The van der Waals surface area contributed by atoms with E-state index in [1.807, 2.05) is 5.01 Å². The third-order valence-electron chi connectivity index (χ3n) is 7.13. The number of nitrogens with zero attached hydrogens (tertiary/aromatic N) is 3. The summed E-state index contributed by atoms with van der Waals surface area (Å²) in [6.07, 6.45) is 3.63. The molecular formula is C25H23Cl3F2N4O3. The van der Waals surface area contributed by atoms with Gasteiger partial charge in [0.1, 0.15) is 18.1 Å². The van der Waals surface area contributed by atoms with Gasteiger partial charge in [0, 0.05) is 35.3 Å². The third kappa shape index (κ3) is 4.85. The second-order valence-electron chi connectivity index (χ2n) is 9.31. The van der Waals surface area contributed by atoms with Gasteiger partial charge in [0.2, 0.25) is 0 Å². The van der Waals surface area contributed by atoms with Gasteiger partial charge in [-0.15, -0.1) is 12.4 Å². The highest BCUT2D eigenvalue weighted by Gasteiger charge is 2.38. The topological polar surface area (TPSA) is 68.6 Å². The van der Waals surface area contributed by atoms with E-state index in [4.69, 9.17) is 27.9 Å². The first kappa shape index (κ1) is 26.0. The minimum absolute atomic E-state index is 0. The number of alkyl halides is 2. The van der Waals surface area contributed by atoms with Gasteiger partial charge < -0.3 is 9.47 Å². The molecule has 1 amide bonds. The van der Waals surface area contributed by atoms with Crippen molar-refractivity contribution in [2.75, 3.05) is 13.1 Å². The summed E-state index contributed by atoms with van der Waals surface area (Å²) in [4.78, 5) is 13.4. The number of fused-ring (bicyclic) bond motifs is 4. The maximum absolute atomic E-state index is 13.4. The molecule has 2 aliphatic heterocycles. The molecule has 3 heterocycles. The van der Waals surface area contributed by atoms with Crippen LogP contribution in [0.2, 0.25) is 10.0 Å². The van der Waals surface area contributed by atoms with Crippen molar-refractivity contribution < 1.29 is 23.0 Å². The van der Waals surface area contributed by atoms with Crippen LogP contribution >= 0.6 is 35.6 Å². The van der Waals surface area contributed by atoms with Crippen LogP contribution in [0.1, 0.15) is 35.3 Å². The van der Waals surface area contributed by atoms with E-state index < -0.39 is 6.61 Å². The number of aromatic nitrogens is 2. The van der Waals surface area contributed by atoms with Crippen LogP contribution < -0.4 is 14.9 Å². The lowest BCUT2D eigenvalue weighted by atomic mass is 10.0. The molecule has 7 nitrogen and oxygen atoms in total. The highest BCUT2D eigenvalue weighted by Crippen LogP contribution is 2.43. The first-order chi connectivity index (χ1) is 17.4. The molecule has 3 aliphatic rings. The number of amides is 1. The summed E-state index contributed by atoms with van der Waals surface area (Å²) in [6, 6.07) is 9.41. The molecular weight excluding hydrogens is 549 g/mol. The zero-order valence-corrected chi connectivity index (χ0v) is 21.8. The summed E-state index contributed by atoms with van der Waals surface area (Å²) in [5.41, 5.74) is 5.50. The number of nitrogens with one attached hydrogen (secondary N) is 1. The molecule has 2 aromatic carbocycles. The number of halogens is 5. The Kier molecular flexibility index (Phi) is 7.24. The molecule has 1 N–H and O–H groups in total. The molecule has 1 saturated carbocycles. The van der Waals surface area contributed by atoms with E-state index in [-0.39, 0.29) is 36.4 Å². The van der Waals surface area contributed by atoms with Crippen molar-refractivity contribution in [1.29, 1.82) is 0 Å². The van der Waals surface area contributed by atoms with E-state index in [2.05, 4.69) is 15.3 Å². The number of benzene rings is 2. The van der Waals surface area contributed by atoms with Gasteiger partial charge in [-0.1, -0.05) is 29.6 Å². The molecule has 12 heteroatoms. The molecule has 196 valence electrons. The van der Waals surface area contributed by atoms with Crippen LogP contribution in [0, 0.1) is 11.8 Å². The summed E-state index contributed by atoms with van der Waals surface area (Å²) in [6.45, 7) is -1.27. The number of carbonyl (C=O) groups excluding carboxylic acids is 1. The number of carbonyl (C=O) groups is 1. The van der Waals surface area contributed by atoms with E-state index >= 15 is 0 Å². The molecule has 2 fully saturated rings. The lowest BCUT2D eigenvalue weighted by molar-refractivity contribution is -0.0499. The van der Waals surface area contributed by atoms with Crippen LogP contribution in [0.5, 0.6) is 11.5 Å². The monoisotopic (exact) mass is 570 g/mol. The third-order valence-corrected chi connectivity index (χ3v) is 7.67. The van der Waals surface area contributed by atoms with Gasteiger partial charge >= 0.3 is 6.61 Å². The highest BCUT2D eigenvalue weighted by molar-refractivity contribution is 6.35. The fraction of sp³-hybridized carbons (Fsp3) is 0.360. The van der Waals surface area contributed by atoms with Gasteiger partial charge in [-0.05, 0) is 55.0 Å². The van der Waals surface area contributed by atoms with Crippen molar-refractivity contribution in [2.24, 2.45) is 11.8 Å². The Morgan fingerprint density at radius 2 is 1.89 bits per heavy atom. The molecule has 0 bridgehead atoms. The van der Waals surface area contributed by atoms with Crippen LogP contribution in [0.4, 0.5) is 8.78 Å². The molecule has 37 heavy (non-hydrogen) atoms. The zero-order chi connectivity index (χ0) is 25.0. The Balaban J connectivity index is 0.00000280. The predicted molar refractivity (Wildman–Crippen MR) is 137 cm³/mol. The van der Waals surface area contributed by atoms with E-state index in [0.29, 0.717) is 50.1 Å². The molecule has 2 unspecified atom stereocenters. The summed E-state index contributed by atoms with van der Waals surface area (Å²) in [7, 11) is 0. The lowest BCUT2D eigenvalue weighted by Crippen LogP contribution is -2.41. The van der Waals surface area contributed by atoms with Crippen LogP contribution in [0.3, 0.4) is 0 Å². The molecule has 0 spiro atoms. The Labute approximate surface area is 228 Å². The Bertz CT molecular complexity index is 1340. The number of rotatable bonds is 5. The molecule has 3 aromatic rings. The molecule has 1 aliphatic carbocycles. The quantitative estimate of drug-likeness (QED) is 0.399. The van der Waals surface area contributed by atoms with E-state index in [0.717, 1.165) is 13.1 Å². The van der Waals surface area contributed by atoms with Crippen LogP contribution in [0.15, 0.2) is 36.4 Å². The molecule has 6 rings (SSSR count). The second kappa shape index (κ2) is 10.3. The largest absolute Gasteiger partial charge is 0.488 e. The van der Waals surface area contributed by atoms with Gasteiger partial charge in [-0.2, -0.15) is 13.9 Å². The molecule has 1 aromatic heterocycles. The minimum Gasteiger partial charge on any atom is -0.488 e. The van der Waals surface area contributed by atoms with E-state index in [9.17, 15) is 13.6 Å². The first-order valence-corrected chi connectivity index (χ1v) is 12.5. The van der Waals surface area contributed by atoms with Crippen molar-refractivity contribution in [3.63, 3.8) is 0 Å². The fourth-order valence-electron chi connectivity index (χ4n) is 5.54. The van der Waals surface area contributed by atoms with E-state index in [1.165, 1.54) is 31.4 Å². The van der Waals surface area contributed by atoms with Crippen LogP contribution in [0.25, 0.3) is 16.9 Å². The number of hydrogen-bond donors (Lipinski definition) is 1. The zero-order valence-electron chi connectivity index (χ0n) is 19.4. The summed E-state index contributed by atoms with van der Waals surface area (Å²) < 4.78 is 37.4.